The van der Waals surface area contributed by atoms with Crippen molar-refractivity contribution in [3.63, 3.8) is 0 Å². The van der Waals surface area contributed by atoms with E-state index in [1.165, 1.54) is 11.3 Å². The van der Waals surface area contributed by atoms with Crippen molar-refractivity contribution in [3.05, 3.63) is 19.2 Å². The van der Waals surface area contributed by atoms with E-state index < -0.39 is 11.4 Å². The predicted molar refractivity (Wildman–Crippen MR) is 76.0 cm³/mol. The topological polar surface area (TPSA) is 66.4 Å². The summed E-state index contributed by atoms with van der Waals surface area (Å²) in [5.74, 6) is -1.04. The molecule has 2 N–H and O–H groups in total. The van der Waals surface area contributed by atoms with E-state index in [9.17, 15) is 9.59 Å². The monoisotopic (exact) mass is 395 g/mol. The highest BCUT2D eigenvalue weighted by Crippen LogP contribution is 2.40. The number of carbonyl (C=O) groups is 2. The first kappa shape index (κ1) is 14.0. The minimum Gasteiger partial charge on any atom is -0.481 e. The van der Waals surface area contributed by atoms with E-state index in [0.717, 1.165) is 14.7 Å². The second kappa shape index (κ2) is 5.30. The summed E-state index contributed by atoms with van der Waals surface area (Å²) in [4.78, 5) is 23.6. The van der Waals surface area contributed by atoms with Crippen molar-refractivity contribution in [2.24, 2.45) is 5.41 Å². The molecule has 0 aromatic carbocycles. The predicted octanol–water partition coefficient (Wildman–Crippen LogP) is 3.26. The Balaban J connectivity index is 1.98. The van der Waals surface area contributed by atoms with Gasteiger partial charge in [-0.2, -0.15) is 0 Å². The van der Waals surface area contributed by atoms with E-state index in [1.807, 2.05) is 0 Å². The van der Waals surface area contributed by atoms with Crippen molar-refractivity contribution in [1.82, 2.24) is 5.32 Å². The van der Waals surface area contributed by atoms with Crippen LogP contribution in [0.3, 0.4) is 0 Å². The van der Waals surface area contributed by atoms with Crippen molar-refractivity contribution < 1.29 is 14.7 Å². The first-order chi connectivity index (χ1) is 8.44. The minimum atomic E-state index is -0.817. The molecule has 0 atom stereocenters. The van der Waals surface area contributed by atoms with Gasteiger partial charge in [-0.15, -0.1) is 11.3 Å². The van der Waals surface area contributed by atoms with Crippen LogP contribution in [0.15, 0.2) is 14.3 Å². The summed E-state index contributed by atoms with van der Waals surface area (Å²) in [6.07, 6.45) is 2.19. The number of thiophene rings is 1. The van der Waals surface area contributed by atoms with Crippen LogP contribution in [0.25, 0.3) is 0 Å². The molecule has 1 fully saturated rings. The standard InChI is InChI=1S/C11H11Br2NO3S/c12-6-4-7(18-8(6)13)9(15)14-5-11(10(16)17)2-1-3-11/h4H,1-3,5H2,(H,14,15)(H,16,17). The molecule has 0 bridgehead atoms. The highest BCUT2D eigenvalue weighted by atomic mass is 79.9. The molecule has 1 aliphatic carbocycles. The Bertz CT molecular complexity index is 477. The Kier molecular flexibility index (Phi) is 4.13. The molecule has 1 aromatic rings. The van der Waals surface area contributed by atoms with Crippen LogP contribution in [-0.2, 0) is 4.79 Å². The lowest BCUT2D eigenvalue weighted by Crippen LogP contribution is -2.47. The normalized spacial score (nSPS) is 17.0. The maximum Gasteiger partial charge on any atom is 0.311 e. The fourth-order valence-electron chi connectivity index (χ4n) is 1.86. The summed E-state index contributed by atoms with van der Waals surface area (Å²) in [6, 6.07) is 1.72. The molecule has 2 rings (SSSR count). The fraction of sp³-hybridized carbons (Fsp3) is 0.455. The van der Waals surface area contributed by atoms with Crippen molar-refractivity contribution in [3.8, 4) is 0 Å². The van der Waals surface area contributed by atoms with Crippen LogP contribution in [0.2, 0.25) is 0 Å². The molecule has 1 aliphatic rings. The van der Waals surface area contributed by atoms with Crippen LogP contribution in [0.4, 0.5) is 0 Å². The van der Waals surface area contributed by atoms with Gasteiger partial charge in [-0.25, -0.2) is 0 Å². The highest BCUT2D eigenvalue weighted by Gasteiger charge is 2.44. The summed E-state index contributed by atoms with van der Waals surface area (Å²) < 4.78 is 1.68. The van der Waals surface area contributed by atoms with Gasteiger partial charge in [0, 0.05) is 11.0 Å². The Morgan fingerprint density at radius 1 is 1.44 bits per heavy atom. The van der Waals surface area contributed by atoms with Crippen molar-refractivity contribution >= 4 is 55.1 Å². The van der Waals surface area contributed by atoms with Crippen LogP contribution in [-0.4, -0.2) is 23.5 Å². The number of carbonyl (C=O) groups excluding carboxylic acids is 1. The highest BCUT2D eigenvalue weighted by molar-refractivity contribution is 9.13. The van der Waals surface area contributed by atoms with Gasteiger partial charge in [0.15, 0.2) is 0 Å². The SMILES string of the molecule is O=C(NCC1(C(=O)O)CCC1)c1cc(Br)c(Br)s1. The van der Waals surface area contributed by atoms with Gasteiger partial charge in [0.25, 0.3) is 5.91 Å². The molecule has 1 aromatic heterocycles. The van der Waals surface area contributed by atoms with E-state index in [2.05, 4.69) is 37.2 Å². The molecule has 7 heteroatoms. The van der Waals surface area contributed by atoms with Gasteiger partial charge in [0.1, 0.15) is 0 Å². The molecule has 98 valence electrons. The first-order valence-electron chi connectivity index (χ1n) is 5.41. The summed E-state index contributed by atoms with van der Waals surface area (Å²) in [7, 11) is 0. The van der Waals surface area contributed by atoms with Crippen LogP contribution < -0.4 is 5.32 Å². The van der Waals surface area contributed by atoms with Crippen molar-refractivity contribution in [1.29, 1.82) is 0 Å². The average molecular weight is 397 g/mol. The lowest BCUT2D eigenvalue weighted by atomic mass is 9.69. The summed E-state index contributed by atoms with van der Waals surface area (Å²) in [5, 5.41) is 11.9. The number of aliphatic carboxylic acids is 1. The largest absolute Gasteiger partial charge is 0.481 e. The van der Waals surface area contributed by atoms with Crippen molar-refractivity contribution in [2.45, 2.75) is 19.3 Å². The fourth-order valence-corrected chi connectivity index (χ4v) is 3.82. The van der Waals surface area contributed by atoms with E-state index >= 15 is 0 Å². The third-order valence-corrected chi connectivity index (χ3v) is 6.48. The van der Waals surface area contributed by atoms with E-state index in [-0.39, 0.29) is 12.5 Å². The van der Waals surface area contributed by atoms with Crippen molar-refractivity contribution in [2.75, 3.05) is 6.54 Å². The van der Waals surface area contributed by atoms with Crippen LogP contribution in [0.5, 0.6) is 0 Å². The number of rotatable bonds is 4. The minimum absolute atomic E-state index is 0.203. The van der Waals surface area contributed by atoms with E-state index in [4.69, 9.17) is 5.11 Å². The summed E-state index contributed by atoms with van der Waals surface area (Å²) in [5.41, 5.74) is -0.749. The molecule has 0 aliphatic heterocycles. The maximum atomic E-state index is 11.9. The summed E-state index contributed by atoms with van der Waals surface area (Å²) in [6.45, 7) is 0.203. The molecule has 0 spiro atoms. The zero-order valence-electron chi connectivity index (χ0n) is 9.33. The number of halogens is 2. The molecular weight excluding hydrogens is 386 g/mol. The Morgan fingerprint density at radius 2 is 2.11 bits per heavy atom. The van der Waals surface area contributed by atoms with Crippen LogP contribution >= 0.6 is 43.2 Å². The number of hydrogen-bond donors (Lipinski definition) is 2. The van der Waals surface area contributed by atoms with E-state index in [0.29, 0.717) is 17.7 Å². The van der Waals surface area contributed by atoms with Crippen LogP contribution in [0.1, 0.15) is 28.9 Å². The number of carboxylic acid groups (broad SMARTS) is 1. The zero-order valence-corrected chi connectivity index (χ0v) is 13.3. The molecule has 0 unspecified atom stereocenters. The molecule has 1 amide bonds. The summed E-state index contributed by atoms with van der Waals surface area (Å²) >= 11 is 7.95. The molecule has 18 heavy (non-hydrogen) atoms. The molecule has 1 heterocycles. The molecule has 0 radical (unpaired) electrons. The van der Waals surface area contributed by atoms with E-state index in [1.54, 1.807) is 6.07 Å². The van der Waals surface area contributed by atoms with Gasteiger partial charge < -0.3 is 10.4 Å². The van der Waals surface area contributed by atoms with Gasteiger partial charge in [-0.1, -0.05) is 6.42 Å². The van der Waals surface area contributed by atoms with Gasteiger partial charge in [-0.3, -0.25) is 9.59 Å². The van der Waals surface area contributed by atoms with Gasteiger partial charge in [0.05, 0.1) is 14.1 Å². The van der Waals surface area contributed by atoms with Crippen LogP contribution in [0, 0.1) is 5.41 Å². The number of amides is 1. The lowest BCUT2D eigenvalue weighted by molar-refractivity contribution is -0.153. The molecular formula is C11H11Br2NO3S. The Hall–Kier alpha value is -0.400. The molecule has 1 saturated carbocycles. The number of carboxylic acids is 1. The molecule has 4 nitrogen and oxygen atoms in total. The second-order valence-corrected chi connectivity index (χ2v) is 7.58. The first-order valence-corrected chi connectivity index (χ1v) is 7.81. The lowest BCUT2D eigenvalue weighted by Gasteiger charge is -2.37. The number of hydrogen-bond acceptors (Lipinski definition) is 3. The average Bonchev–Trinajstić information content (AvgIpc) is 2.57. The third kappa shape index (κ3) is 2.62. The quantitative estimate of drug-likeness (QED) is 0.820. The van der Waals surface area contributed by atoms with Gasteiger partial charge >= 0.3 is 5.97 Å². The second-order valence-electron chi connectivity index (χ2n) is 4.35. The smallest absolute Gasteiger partial charge is 0.311 e. The Labute approximate surface area is 125 Å². The Morgan fingerprint density at radius 3 is 2.50 bits per heavy atom. The maximum absolute atomic E-state index is 11.9. The zero-order chi connectivity index (χ0) is 13.3. The van der Waals surface area contributed by atoms with Gasteiger partial charge in [-0.05, 0) is 50.8 Å². The number of nitrogens with one attached hydrogen (secondary N) is 1. The van der Waals surface area contributed by atoms with Gasteiger partial charge in [0.2, 0.25) is 0 Å². The third-order valence-electron chi connectivity index (χ3n) is 3.22. The molecule has 0 saturated heterocycles.